The molecular weight excluding hydrogens is 306 g/mol. The highest BCUT2D eigenvalue weighted by Crippen LogP contribution is 2.26. The number of morpholine rings is 1. The molecule has 132 valence electrons. The molecule has 0 saturated carbocycles. The number of hydrogen-bond acceptors (Lipinski definition) is 4. The Labute approximate surface area is 143 Å². The predicted molar refractivity (Wildman–Crippen MR) is 95.3 cm³/mol. The van der Waals surface area contributed by atoms with Crippen LogP contribution in [0.1, 0.15) is 32.6 Å². The van der Waals surface area contributed by atoms with Gasteiger partial charge in [-0.05, 0) is 18.6 Å². The van der Waals surface area contributed by atoms with Crippen LogP contribution in [0.5, 0.6) is 0 Å². The van der Waals surface area contributed by atoms with E-state index in [-0.39, 0.29) is 18.2 Å². The summed E-state index contributed by atoms with van der Waals surface area (Å²) < 4.78 is 5.37. The number of nitrogens with one attached hydrogen (secondary N) is 2. The minimum atomic E-state index is -0.288. The van der Waals surface area contributed by atoms with E-state index >= 15 is 0 Å². The van der Waals surface area contributed by atoms with Crippen molar-refractivity contribution < 1.29 is 14.3 Å². The molecule has 0 aliphatic carbocycles. The Bertz CT molecular complexity index is 542. The molecule has 2 N–H and O–H groups in total. The number of unbranched alkanes of at least 4 members (excludes halogenated alkanes) is 2. The van der Waals surface area contributed by atoms with Crippen molar-refractivity contribution in [1.82, 2.24) is 5.32 Å². The normalized spacial score (nSPS) is 14.3. The van der Waals surface area contributed by atoms with E-state index in [1.807, 2.05) is 24.3 Å². The van der Waals surface area contributed by atoms with E-state index in [1.54, 1.807) is 0 Å². The molecule has 0 unspecified atom stereocenters. The maximum Gasteiger partial charge on any atom is 0.233 e. The summed E-state index contributed by atoms with van der Waals surface area (Å²) in [6.07, 6.45) is 2.99. The van der Waals surface area contributed by atoms with Crippen LogP contribution in [0.25, 0.3) is 0 Å². The molecule has 1 heterocycles. The zero-order valence-electron chi connectivity index (χ0n) is 14.3. The molecule has 0 aromatic heterocycles. The average molecular weight is 333 g/mol. The van der Waals surface area contributed by atoms with Gasteiger partial charge in [-0.15, -0.1) is 0 Å². The number of benzene rings is 1. The number of rotatable bonds is 8. The molecule has 0 bridgehead atoms. The van der Waals surface area contributed by atoms with E-state index in [0.717, 1.165) is 43.7 Å². The van der Waals surface area contributed by atoms with Gasteiger partial charge in [-0.25, -0.2) is 0 Å². The summed E-state index contributed by atoms with van der Waals surface area (Å²) in [6, 6.07) is 7.67. The first-order valence-electron chi connectivity index (χ1n) is 8.69. The van der Waals surface area contributed by atoms with Crippen LogP contribution in [0.3, 0.4) is 0 Å². The number of carbonyl (C=O) groups excluding carboxylic acids is 2. The fourth-order valence-electron chi connectivity index (χ4n) is 2.66. The van der Waals surface area contributed by atoms with E-state index in [9.17, 15) is 9.59 Å². The first-order chi connectivity index (χ1) is 11.7. The first kappa shape index (κ1) is 18.3. The Morgan fingerprint density at radius 1 is 1.12 bits per heavy atom. The smallest absolute Gasteiger partial charge is 0.233 e. The zero-order chi connectivity index (χ0) is 17.2. The van der Waals surface area contributed by atoms with E-state index in [0.29, 0.717) is 19.8 Å². The van der Waals surface area contributed by atoms with Crippen molar-refractivity contribution in [2.75, 3.05) is 43.1 Å². The van der Waals surface area contributed by atoms with E-state index in [2.05, 4.69) is 22.5 Å². The second kappa shape index (κ2) is 9.93. The van der Waals surface area contributed by atoms with Crippen LogP contribution in [0.2, 0.25) is 0 Å². The van der Waals surface area contributed by atoms with Gasteiger partial charge in [-0.1, -0.05) is 31.9 Å². The Morgan fingerprint density at radius 3 is 2.62 bits per heavy atom. The minimum Gasteiger partial charge on any atom is -0.378 e. The number of nitrogens with zero attached hydrogens (tertiary/aromatic N) is 1. The third kappa shape index (κ3) is 5.85. The molecule has 1 saturated heterocycles. The number of hydrogen-bond donors (Lipinski definition) is 2. The quantitative estimate of drug-likeness (QED) is 0.565. The molecule has 0 spiro atoms. The highest BCUT2D eigenvalue weighted by molar-refractivity contribution is 6.04. The molecule has 1 aliphatic heterocycles. The topological polar surface area (TPSA) is 70.7 Å². The number of para-hydroxylation sites is 2. The first-order valence-corrected chi connectivity index (χ1v) is 8.69. The predicted octanol–water partition coefficient (Wildman–Crippen LogP) is 2.16. The molecule has 1 aromatic carbocycles. The lowest BCUT2D eigenvalue weighted by atomic mass is 10.2. The van der Waals surface area contributed by atoms with Gasteiger partial charge in [0.1, 0.15) is 6.42 Å². The molecule has 2 rings (SSSR count). The average Bonchev–Trinajstić information content (AvgIpc) is 2.60. The third-order valence-corrected chi connectivity index (χ3v) is 3.95. The van der Waals surface area contributed by atoms with Gasteiger partial charge in [0.25, 0.3) is 0 Å². The molecule has 1 aromatic rings. The van der Waals surface area contributed by atoms with Crippen LogP contribution in [-0.2, 0) is 14.3 Å². The lowest BCUT2D eigenvalue weighted by Gasteiger charge is -2.30. The number of ether oxygens (including phenoxy) is 1. The van der Waals surface area contributed by atoms with E-state index < -0.39 is 0 Å². The fourth-order valence-corrected chi connectivity index (χ4v) is 2.66. The van der Waals surface area contributed by atoms with Crippen LogP contribution < -0.4 is 15.5 Å². The van der Waals surface area contributed by atoms with Gasteiger partial charge in [0.05, 0.1) is 24.6 Å². The van der Waals surface area contributed by atoms with E-state index in [1.165, 1.54) is 0 Å². The van der Waals surface area contributed by atoms with Gasteiger partial charge in [0.2, 0.25) is 11.8 Å². The summed E-state index contributed by atoms with van der Waals surface area (Å²) in [5.74, 6) is -0.517. The van der Waals surface area contributed by atoms with Gasteiger partial charge in [-0.3, -0.25) is 9.59 Å². The van der Waals surface area contributed by atoms with Crippen molar-refractivity contribution in [2.45, 2.75) is 32.6 Å². The van der Waals surface area contributed by atoms with Gasteiger partial charge in [-0.2, -0.15) is 0 Å². The van der Waals surface area contributed by atoms with Crippen LogP contribution in [0.4, 0.5) is 11.4 Å². The monoisotopic (exact) mass is 333 g/mol. The second-order valence-corrected chi connectivity index (χ2v) is 5.90. The van der Waals surface area contributed by atoms with E-state index in [4.69, 9.17) is 4.74 Å². The highest BCUT2D eigenvalue weighted by atomic mass is 16.5. The van der Waals surface area contributed by atoms with Crippen molar-refractivity contribution in [3.8, 4) is 0 Å². The molecule has 1 fully saturated rings. The van der Waals surface area contributed by atoms with Crippen LogP contribution in [-0.4, -0.2) is 44.7 Å². The molecule has 6 nitrogen and oxygen atoms in total. The lowest BCUT2D eigenvalue weighted by Crippen LogP contribution is -2.37. The van der Waals surface area contributed by atoms with Gasteiger partial charge in [0.15, 0.2) is 0 Å². The summed E-state index contributed by atoms with van der Waals surface area (Å²) in [7, 11) is 0. The van der Waals surface area contributed by atoms with Gasteiger partial charge in [0, 0.05) is 19.6 Å². The van der Waals surface area contributed by atoms with Crippen molar-refractivity contribution in [1.29, 1.82) is 0 Å². The Hall–Kier alpha value is -2.08. The molecular formula is C18H27N3O3. The highest BCUT2D eigenvalue weighted by Gasteiger charge is 2.16. The molecule has 1 aliphatic rings. The van der Waals surface area contributed by atoms with Crippen LogP contribution >= 0.6 is 0 Å². The van der Waals surface area contributed by atoms with Crippen LogP contribution in [0, 0.1) is 0 Å². The Kier molecular flexibility index (Phi) is 7.55. The number of amides is 2. The summed E-state index contributed by atoms with van der Waals surface area (Å²) in [5.41, 5.74) is 1.71. The minimum absolute atomic E-state index is 0.149. The maximum absolute atomic E-state index is 12.1. The molecule has 0 atom stereocenters. The maximum atomic E-state index is 12.1. The molecule has 24 heavy (non-hydrogen) atoms. The largest absolute Gasteiger partial charge is 0.378 e. The fraction of sp³-hybridized carbons (Fsp3) is 0.556. The summed E-state index contributed by atoms with van der Waals surface area (Å²) in [6.45, 7) is 5.70. The SMILES string of the molecule is CCCCCNC(=O)CC(=O)Nc1ccccc1N1CCOCC1. The lowest BCUT2D eigenvalue weighted by molar-refractivity contribution is -0.126. The molecule has 2 amide bonds. The zero-order valence-corrected chi connectivity index (χ0v) is 14.3. The van der Waals surface area contributed by atoms with Crippen molar-refractivity contribution in [3.63, 3.8) is 0 Å². The van der Waals surface area contributed by atoms with Crippen molar-refractivity contribution >= 4 is 23.2 Å². The standard InChI is InChI=1S/C18H27N3O3/c1-2-3-6-9-19-17(22)14-18(23)20-15-7-4-5-8-16(15)21-10-12-24-13-11-21/h4-5,7-8H,2-3,6,9-14H2,1H3,(H,19,22)(H,20,23). The van der Waals surface area contributed by atoms with Gasteiger partial charge < -0.3 is 20.3 Å². The Balaban J connectivity index is 1.86. The molecule has 6 heteroatoms. The second-order valence-electron chi connectivity index (χ2n) is 5.90. The summed E-state index contributed by atoms with van der Waals surface area (Å²) in [5, 5.41) is 5.64. The number of carbonyl (C=O) groups is 2. The summed E-state index contributed by atoms with van der Waals surface area (Å²) in [4.78, 5) is 26.1. The molecule has 0 radical (unpaired) electrons. The van der Waals surface area contributed by atoms with Crippen LogP contribution in [0.15, 0.2) is 24.3 Å². The Morgan fingerprint density at radius 2 is 1.88 bits per heavy atom. The van der Waals surface area contributed by atoms with Crippen molar-refractivity contribution in [2.24, 2.45) is 0 Å². The van der Waals surface area contributed by atoms with Gasteiger partial charge >= 0.3 is 0 Å². The summed E-state index contributed by atoms with van der Waals surface area (Å²) >= 11 is 0. The number of anilines is 2. The van der Waals surface area contributed by atoms with Crippen molar-refractivity contribution in [3.05, 3.63) is 24.3 Å². The third-order valence-electron chi connectivity index (χ3n) is 3.95.